The van der Waals surface area contributed by atoms with E-state index in [0.717, 1.165) is 28.5 Å². The molecule has 0 saturated carbocycles. The van der Waals surface area contributed by atoms with Crippen LogP contribution in [0.4, 0.5) is 4.39 Å². The van der Waals surface area contributed by atoms with Gasteiger partial charge in [0.2, 0.25) is 11.8 Å². The van der Waals surface area contributed by atoms with Gasteiger partial charge in [-0.2, -0.15) is 0 Å². The molecule has 1 aromatic heterocycles. The van der Waals surface area contributed by atoms with Gasteiger partial charge in [-0.3, -0.25) is 9.59 Å². The topological polar surface area (TPSA) is 65.2 Å². The molecule has 0 aliphatic carbocycles. The number of likely N-dealkylation sites (tertiary alicyclic amines) is 1. The van der Waals surface area contributed by atoms with Gasteiger partial charge in [-0.25, -0.2) is 4.39 Å². The Morgan fingerprint density at radius 1 is 1.21 bits per heavy atom. The van der Waals surface area contributed by atoms with E-state index >= 15 is 0 Å². The Labute approximate surface area is 168 Å². The summed E-state index contributed by atoms with van der Waals surface area (Å²) in [6, 6.07) is 14.0. The van der Waals surface area contributed by atoms with Crippen molar-refractivity contribution in [3.05, 3.63) is 71.7 Å². The average molecular weight is 393 g/mol. The molecule has 150 valence electrons. The maximum Gasteiger partial charge on any atom is 0.242 e. The third kappa shape index (κ3) is 4.31. The highest BCUT2D eigenvalue weighted by Crippen LogP contribution is 2.25. The smallest absolute Gasteiger partial charge is 0.242 e. The molecule has 1 saturated heterocycles. The zero-order valence-corrected chi connectivity index (χ0v) is 16.2. The molecule has 1 aliphatic rings. The minimum atomic E-state index is -0.440. The van der Waals surface area contributed by atoms with Gasteiger partial charge in [0, 0.05) is 36.6 Å². The van der Waals surface area contributed by atoms with Crippen molar-refractivity contribution in [1.82, 2.24) is 15.2 Å². The number of H-pyrrole nitrogens is 1. The molecular weight excluding hydrogens is 369 g/mol. The third-order valence-electron chi connectivity index (χ3n) is 5.48. The van der Waals surface area contributed by atoms with E-state index in [4.69, 9.17) is 0 Å². The highest BCUT2D eigenvalue weighted by Gasteiger charge is 2.36. The summed E-state index contributed by atoms with van der Waals surface area (Å²) >= 11 is 0. The summed E-state index contributed by atoms with van der Waals surface area (Å²) in [5.74, 6) is -0.353. The lowest BCUT2D eigenvalue weighted by molar-refractivity contribution is -0.135. The summed E-state index contributed by atoms with van der Waals surface area (Å²) in [6.45, 7) is 0.922. The van der Waals surface area contributed by atoms with Gasteiger partial charge in [0.25, 0.3) is 0 Å². The number of rotatable bonds is 7. The predicted molar refractivity (Wildman–Crippen MR) is 110 cm³/mol. The zero-order chi connectivity index (χ0) is 20.2. The molecule has 29 heavy (non-hydrogen) atoms. The van der Waals surface area contributed by atoms with Crippen LogP contribution in [0.15, 0.2) is 54.7 Å². The molecule has 5 nitrogen and oxygen atoms in total. The average Bonchev–Trinajstić information content (AvgIpc) is 3.30. The second kappa shape index (κ2) is 8.47. The Morgan fingerprint density at radius 2 is 2.07 bits per heavy atom. The normalized spacial score (nSPS) is 16.5. The number of para-hydroxylation sites is 1. The van der Waals surface area contributed by atoms with Crippen LogP contribution in [-0.2, 0) is 22.6 Å². The van der Waals surface area contributed by atoms with Gasteiger partial charge in [0.1, 0.15) is 11.9 Å². The van der Waals surface area contributed by atoms with Crippen LogP contribution >= 0.6 is 0 Å². The van der Waals surface area contributed by atoms with E-state index in [2.05, 4.69) is 10.3 Å². The first kappa shape index (κ1) is 19.2. The van der Waals surface area contributed by atoms with Gasteiger partial charge in [-0.15, -0.1) is 0 Å². The number of halogens is 1. The molecule has 0 bridgehead atoms. The van der Waals surface area contributed by atoms with E-state index in [1.165, 1.54) is 12.1 Å². The lowest BCUT2D eigenvalue weighted by Gasteiger charge is -2.24. The Morgan fingerprint density at radius 3 is 2.93 bits per heavy atom. The Hall–Kier alpha value is -3.15. The molecule has 1 unspecified atom stereocenters. The van der Waals surface area contributed by atoms with Crippen LogP contribution in [-0.4, -0.2) is 34.3 Å². The van der Waals surface area contributed by atoms with Crippen LogP contribution in [0.1, 0.15) is 30.4 Å². The van der Waals surface area contributed by atoms with E-state index in [9.17, 15) is 14.0 Å². The van der Waals surface area contributed by atoms with Crippen molar-refractivity contribution >= 4 is 22.7 Å². The number of aryl methyl sites for hydroxylation is 1. The Balaban J connectivity index is 1.34. The Kier molecular flexibility index (Phi) is 5.60. The minimum Gasteiger partial charge on any atom is -0.361 e. The summed E-state index contributed by atoms with van der Waals surface area (Å²) in [5, 5.41) is 4.01. The lowest BCUT2D eigenvalue weighted by Crippen LogP contribution is -2.44. The summed E-state index contributed by atoms with van der Waals surface area (Å²) in [6.07, 6.45) is 4.25. The molecule has 6 heteroatoms. The maximum absolute atomic E-state index is 13.2. The van der Waals surface area contributed by atoms with Crippen LogP contribution in [0.3, 0.4) is 0 Å². The summed E-state index contributed by atoms with van der Waals surface area (Å²) in [4.78, 5) is 30.0. The van der Waals surface area contributed by atoms with Crippen molar-refractivity contribution in [3.63, 3.8) is 0 Å². The number of nitrogens with one attached hydrogen (secondary N) is 2. The van der Waals surface area contributed by atoms with Crippen LogP contribution < -0.4 is 5.32 Å². The van der Waals surface area contributed by atoms with Crippen molar-refractivity contribution in [2.45, 2.75) is 38.3 Å². The highest BCUT2D eigenvalue weighted by atomic mass is 19.1. The van der Waals surface area contributed by atoms with Crippen molar-refractivity contribution in [2.75, 3.05) is 6.54 Å². The van der Waals surface area contributed by atoms with Crippen LogP contribution in [0.5, 0.6) is 0 Å². The number of hydrogen-bond acceptors (Lipinski definition) is 2. The highest BCUT2D eigenvalue weighted by molar-refractivity contribution is 5.91. The van der Waals surface area contributed by atoms with Gasteiger partial charge in [0.05, 0.1) is 0 Å². The fourth-order valence-corrected chi connectivity index (χ4v) is 3.96. The van der Waals surface area contributed by atoms with Crippen LogP contribution in [0.2, 0.25) is 0 Å². The van der Waals surface area contributed by atoms with E-state index in [-0.39, 0.29) is 17.6 Å². The fourth-order valence-electron chi connectivity index (χ4n) is 3.96. The van der Waals surface area contributed by atoms with Crippen molar-refractivity contribution < 1.29 is 14.0 Å². The number of aromatic amines is 1. The number of fused-ring (bicyclic) bond motifs is 1. The van der Waals surface area contributed by atoms with Gasteiger partial charge in [0.15, 0.2) is 0 Å². The van der Waals surface area contributed by atoms with Crippen LogP contribution in [0.25, 0.3) is 10.9 Å². The SMILES string of the molecule is O=C(NCCCc1cccc(F)c1)C1CCC(=O)N1Cc1c[nH]c2ccccc12. The number of carbonyl (C=O) groups is 2. The number of benzene rings is 2. The number of nitrogens with zero attached hydrogens (tertiary/aromatic N) is 1. The molecular formula is C23H24FN3O2. The summed E-state index contributed by atoms with van der Waals surface area (Å²) in [5.41, 5.74) is 2.95. The molecule has 1 fully saturated rings. The quantitative estimate of drug-likeness (QED) is 0.603. The van der Waals surface area contributed by atoms with Crippen molar-refractivity contribution in [3.8, 4) is 0 Å². The van der Waals surface area contributed by atoms with Crippen molar-refractivity contribution in [1.29, 1.82) is 0 Å². The summed E-state index contributed by atoms with van der Waals surface area (Å²) < 4.78 is 13.2. The largest absolute Gasteiger partial charge is 0.361 e. The van der Waals surface area contributed by atoms with Gasteiger partial charge < -0.3 is 15.2 Å². The standard InChI is InChI=1S/C23H24FN3O2/c24-18-7-3-5-16(13-18)6-4-12-25-23(29)21-10-11-22(28)27(21)15-17-14-26-20-9-2-1-8-19(17)20/h1-3,5,7-9,13-14,21,26H,4,6,10-12,15H2,(H,25,29). The van der Waals surface area contributed by atoms with E-state index in [1.54, 1.807) is 11.0 Å². The first-order chi connectivity index (χ1) is 14.1. The second-order valence-electron chi connectivity index (χ2n) is 7.46. The molecule has 1 aliphatic heterocycles. The fraction of sp³-hybridized carbons (Fsp3) is 0.304. The maximum atomic E-state index is 13.2. The van der Waals surface area contributed by atoms with Gasteiger partial charge in [-0.05, 0) is 48.6 Å². The third-order valence-corrected chi connectivity index (χ3v) is 5.48. The molecule has 0 radical (unpaired) electrons. The molecule has 4 rings (SSSR count). The number of amides is 2. The van der Waals surface area contributed by atoms with E-state index < -0.39 is 6.04 Å². The molecule has 1 atom stereocenters. The first-order valence-electron chi connectivity index (χ1n) is 9.98. The molecule has 2 N–H and O–H groups in total. The zero-order valence-electron chi connectivity index (χ0n) is 16.2. The Bertz CT molecular complexity index is 1030. The van der Waals surface area contributed by atoms with E-state index in [1.807, 2.05) is 36.5 Å². The summed E-state index contributed by atoms with van der Waals surface area (Å²) in [7, 11) is 0. The number of carbonyl (C=O) groups excluding carboxylic acids is 2. The first-order valence-corrected chi connectivity index (χ1v) is 9.98. The van der Waals surface area contributed by atoms with Gasteiger partial charge >= 0.3 is 0 Å². The number of hydrogen-bond donors (Lipinski definition) is 2. The lowest BCUT2D eigenvalue weighted by atomic mass is 10.1. The predicted octanol–water partition coefficient (Wildman–Crippen LogP) is 3.55. The van der Waals surface area contributed by atoms with Gasteiger partial charge in [-0.1, -0.05) is 30.3 Å². The molecule has 2 amide bonds. The molecule has 2 aromatic carbocycles. The minimum absolute atomic E-state index is 0.00944. The molecule has 2 heterocycles. The van der Waals surface area contributed by atoms with Crippen molar-refractivity contribution in [2.24, 2.45) is 0 Å². The molecule has 3 aromatic rings. The second-order valence-corrected chi connectivity index (χ2v) is 7.46. The number of aromatic nitrogens is 1. The monoisotopic (exact) mass is 393 g/mol. The van der Waals surface area contributed by atoms with E-state index in [0.29, 0.717) is 32.4 Å². The molecule has 0 spiro atoms. The van der Waals surface area contributed by atoms with Crippen LogP contribution in [0, 0.1) is 5.82 Å².